The number of aliphatic carboxylic acids is 1. The lowest BCUT2D eigenvalue weighted by Crippen LogP contribution is -2.55. The lowest BCUT2D eigenvalue weighted by Gasteiger charge is -2.22. The molecule has 0 aromatic carbocycles. The minimum Gasteiger partial charge on any atom is -0.480 e. The zero-order valence-corrected chi connectivity index (χ0v) is 16.7. The van der Waals surface area contributed by atoms with E-state index in [-0.39, 0.29) is 5.92 Å². The lowest BCUT2D eigenvalue weighted by atomic mass is 10.0. The highest BCUT2D eigenvalue weighted by Crippen LogP contribution is 2.04. The minimum atomic E-state index is -1.37. The first kappa shape index (κ1) is 25.3. The van der Waals surface area contributed by atoms with E-state index in [0.29, 0.717) is 6.42 Å². The van der Waals surface area contributed by atoms with Gasteiger partial charge in [-0.25, -0.2) is 4.79 Å². The third kappa shape index (κ3) is 9.86. The van der Waals surface area contributed by atoms with E-state index in [4.69, 9.17) is 16.6 Å². The van der Waals surface area contributed by atoms with Crippen LogP contribution >= 0.6 is 0 Å². The van der Waals surface area contributed by atoms with Crippen molar-refractivity contribution >= 4 is 29.6 Å². The Hall–Kier alpha value is -2.69. The number of carboxylic acids is 1. The molecule has 0 heterocycles. The molecule has 0 saturated heterocycles. The van der Waals surface area contributed by atoms with Crippen LogP contribution < -0.4 is 27.4 Å². The van der Waals surface area contributed by atoms with Crippen LogP contribution in [-0.2, 0) is 24.0 Å². The van der Waals surface area contributed by atoms with Crippen LogP contribution in [0.3, 0.4) is 0 Å². The molecule has 0 aliphatic rings. The molecule has 160 valence electrons. The molecule has 0 saturated carbocycles. The molecule has 0 radical (unpaired) electrons. The van der Waals surface area contributed by atoms with Gasteiger partial charge in [0.25, 0.3) is 0 Å². The van der Waals surface area contributed by atoms with Crippen LogP contribution in [0.2, 0.25) is 0 Å². The maximum Gasteiger partial charge on any atom is 0.326 e. The van der Waals surface area contributed by atoms with Gasteiger partial charge in [-0.3, -0.25) is 19.2 Å². The Bertz CT molecular complexity index is 593. The van der Waals surface area contributed by atoms with Gasteiger partial charge in [-0.15, -0.1) is 0 Å². The number of carboxylic acid groups (broad SMARTS) is 1. The van der Waals surface area contributed by atoms with E-state index in [2.05, 4.69) is 16.0 Å². The maximum atomic E-state index is 12.3. The van der Waals surface area contributed by atoms with E-state index in [0.717, 1.165) is 0 Å². The number of amides is 4. The molecule has 0 aliphatic carbocycles. The molecular formula is C17H31N5O6. The van der Waals surface area contributed by atoms with E-state index in [9.17, 15) is 24.0 Å². The molecule has 11 nitrogen and oxygen atoms in total. The molecule has 3 unspecified atom stereocenters. The zero-order chi connectivity index (χ0) is 22.0. The topological polar surface area (TPSA) is 194 Å². The first-order valence-corrected chi connectivity index (χ1v) is 8.99. The number of nitrogens with one attached hydrogen (secondary N) is 3. The van der Waals surface area contributed by atoms with Crippen molar-refractivity contribution in [3.63, 3.8) is 0 Å². The average molecular weight is 401 g/mol. The number of hydrogen-bond acceptors (Lipinski definition) is 6. The molecule has 4 amide bonds. The monoisotopic (exact) mass is 401 g/mol. The highest BCUT2D eigenvalue weighted by Gasteiger charge is 2.29. The summed E-state index contributed by atoms with van der Waals surface area (Å²) in [5, 5.41) is 16.0. The van der Waals surface area contributed by atoms with Crippen LogP contribution in [0.5, 0.6) is 0 Å². The van der Waals surface area contributed by atoms with E-state index >= 15 is 0 Å². The van der Waals surface area contributed by atoms with Crippen molar-refractivity contribution in [2.75, 3.05) is 6.54 Å². The number of rotatable bonds is 12. The summed E-state index contributed by atoms with van der Waals surface area (Å²) in [6, 6.07) is -3.35. The van der Waals surface area contributed by atoms with Crippen molar-refractivity contribution in [1.82, 2.24) is 16.0 Å². The van der Waals surface area contributed by atoms with Crippen LogP contribution in [0.25, 0.3) is 0 Å². The van der Waals surface area contributed by atoms with Crippen molar-refractivity contribution in [2.24, 2.45) is 23.3 Å². The van der Waals surface area contributed by atoms with Crippen LogP contribution in [-0.4, -0.2) is 59.4 Å². The molecule has 0 aromatic heterocycles. The minimum absolute atomic E-state index is 0.196. The summed E-state index contributed by atoms with van der Waals surface area (Å²) in [6.07, 6.45) is -0.0885. The van der Waals surface area contributed by atoms with Crippen LogP contribution in [0.15, 0.2) is 0 Å². The van der Waals surface area contributed by atoms with Gasteiger partial charge in [-0.2, -0.15) is 0 Å². The summed E-state index contributed by atoms with van der Waals surface area (Å²) < 4.78 is 0. The van der Waals surface area contributed by atoms with Crippen molar-refractivity contribution in [1.29, 1.82) is 0 Å². The summed E-state index contributed by atoms with van der Waals surface area (Å²) >= 11 is 0. The average Bonchev–Trinajstić information content (AvgIpc) is 2.54. The molecule has 0 aliphatic heterocycles. The Morgan fingerprint density at radius 3 is 1.96 bits per heavy atom. The molecule has 0 rings (SSSR count). The predicted molar refractivity (Wildman–Crippen MR) is 101 cm³/mol. The first-order chi connectivity index (χ1) is 12.8. The zero-order valence-electron chi connectivity index (χ0n) is 16.7. The predicted octanol–water partition coefficient (Wildman–Crippen LogP) is -1.94. The summed E-state index contributed by atoms with van der Waals surface area (Å²) in [4.78, 5) is 58.6. The van der Waals surface area contributed by atoms with E-state index in [1.54, 1.807) is 13.8 Å². The number of primary amides is 1. The Balaban J connectivity index is 4.88. The van der Waals surface area contributed by atoms with Gasteiger partial charge >= 0.3 is 5.97 Å². The van der Waals surface area contributed by atoms with Gasteiger partial charge in [-0.05, 0) is 18.3 Å². The van der Waals surface area contributed by atoms with Gasteiger partial charge in [0, 0.05) is 0 Å². The van der Waals surface area contributed by atoms with Gasteiger partial charge in [0.2, 0.25) is 23.6 Å². The molecule has 0 bridgehead atoms. The quantitative estimate of drug-likeness (QED) is 0.219. The van der Waals surface area contributed by atoms with E-state index in [1.165, 1.54) is 0 Å². The molecule has 11 heteroatoms. The van der Waals surface area contributed by atoms with Gasteiger partial charge in [0.15, 0.2) is 0 Å². The number of hydrogen-bond donors (Lipinski definition) is 6. The second-order valence-electron chi connectivity index (χ2n) is 7.31. The van der Waals surface area contributed by atoms with Crippen molar-refractivity contribution in [3.05, 3.63) is 0 Å². The largest absolute Gasteiger partial charge is 0.480 e. The standard InChI is InChI=1S/C17H31N5O6/c1-8(2)5-10(18)15(25)20-7-13(24)21-11(6-12(19)23)16(26)22-14(9(3)4)17(27)28/h8-11,14H,5-7,18H2,1-4H3,(H2,19,23)(H,20,25)(H,21,24)(H,22,26)(H,27,28). The second kappa shape index (κ2) is 11.9. The molecule has 8 N–H and O–H groups in total. The molecular weight excluding hydrogens is 370 g/mol. The van der Waals surface area contributed by atoms with E-state index in [1.807, 2.05) is 13.8 Å². The molecule has 0 spiro atoms. The van der Waals surface area contributed by atoms with Gasteiger partial charge < -0.3 is 32.5 Å². The number of nitrogens with two attached hydrogens (primary N) is 2. The Labute approximate surface area is 164 Å². The summed E-state index contributed by atoms with van der Waals surface area (Å²) in [5.74, 6) is -4.47. The Morgan fingerprint density at radius 2 is 1.54 bits per heavy atom. The van der Waals surface area contributed by atoms with Gasteiger partial charge in [0.1, 0.15) is 12.1 Å². The maximum absolute atomic E-state index is 12.3. The normalized spacial score (nSPS) is 14.1. The Morgan fingerprint density at radius 1 is 0.964 bits per heavy atom. The first-order valence-electron chi connectivity index (χ1n) is 8.99. The smallest absolute Gasteiger partial charge is 0.326 e. The third-order valence-corrected chi connectivity index (χ3v) is 3.77. The van der Waals surface area contributed by atoms with Crippen molar-refractivity contribution < 1.29 is 29.1 Å². The number of carbonyl (C=O) groups is 5. The molecule has 28 heavy (non-hydrogen) atoms. The van der Waals surface area contributed by atoms with E-state index < -0.39 is 66.6 Å². The molecule has 0 aromatic rings. The van der Waals surface area contributed by atoms with Gasteiger partial charge in [0.05, 0.1) is 19.0 Å². The third-order valence-electron chi connectivity index (χ3n) is 3.77. The fourth-order valence-corrected chi connectivity index (χ4v) is 2.34. The van der Waals surface area contributed by atoms with Crippen LogP contribution in [0.1, 0.15) is 40.5 Å². The highest BCUT2D eigenvalue weighted by atomic mass is 16.4. The van der Waals surface area contributed by atoms with Gasteiger partial charge in [-0.1, -0.05) is 27.7 Å². The molecule has 0 fully saturated rings. The summed E-state index contributed by atoms with van der Waals surface area (Å²) in [6.45, 7) is 6.52. The van der Waals surface area contributed by atoms with Crippen LogP contribution in [0.4, 0.5) is 0 Å². The summed E-state index contributed by atoms with van der Waals surface area (Å²) in [7, 11) is 0. The van der Waals surface area contributed by atoms with Crippen molar-refractivity contribution in [2.45, 2.75) is 58.7 Å². The lowest BCUT2D eigenvalue weighted by molar-refractivity contribution is -0.143. The van der Waals surface area contributed by atoms with Crippen molar-refractivity contribution in [3.8, 4) is 0 Å². The Kier molecular flexibility index (Phi) is 10.8. The number of carbonyl (C=O) groups excluding carboxylic acids is 4. The summed E-state index contributed by atoms with van der Waals surface area (Å²) in [5.41, 5.74) is 10.8. The highest BCUT2D eigenvalue weighted by molar-refractivity contribution is 5.94. The molecule has 3 atom stereocenters. The fourth-order valence-electron chi connectivity index (χ4n) is 2.34. The SMILES string of the molecule is CC(C)CC(N)C(=O)NCC(=O)NC(CC(N)=O)C(=O)NC(C(=O)O)C(C)C. The second-order valence-corrected chi connectivity index (χ2v) is 7.31. The van der Waals surface area contributed by atoms with Crippen LogP contribution in [0, 0.1) is 11.8 Å². The fraction of sp³-hybridized carbons (Fsp3) is 0.706.